The van der Waals surface area contributed by atoms with Crippen molar-refractivity contribution < 1.29 is 14.3 Å². The van der Waals surface area contributed by atoms with E-state index in [-0.39, 0.29) is 35.9 Å². The van der Waals surface area contributed by atoms with Crippen LogP contribution in [0.3, 0.4) is 0 Å². The van der Waals surface area contributed by atoms with Gasteiger partial charge < -0.3 is 4.74 Å². The Labute approximate surface area is 119 Å². The van der Waals surface area contributed by atoms with E-state index in [0.717, 1.165) is 13.1 Å². The molecule has 2 heterocycles. The number of carbonyl (C=O) groups excluding carboxylic acids is 2. The van der Waals surface area contributed by atoms with E-state index in [2.05, 4.69) is 4.90 Å². The summed E-state index contributed by atoms with van der Waals surface area (Å²) in [6, 6.07) is 0. The molecule has 4 atom stereocenters. The minimum atomic E-state index is -0.122. The highest BCUT2D eigenvalue weighted by Crippen LogP contribution is 2.35. The Morgan fingerprint density at radius 2 is 1.55 bits per heavy atom. The highest BCUT2D eigenvalue weighted by Gasteiger charge is 2.47. The average molecular weight is 278 g/mol. The molecule has 3 aliphatic rings. The Morgan fingerprint density at radius 1 is 1.05 bits per heavy atom. The summed E-state index contributed by atoms with van der Waals surface area (Å²) in [5.74, 6) is -0.223. The van der Waals surface area contributed by atoms with Crippen LogP contribution in [0.15, 0.2) is 12.2 Å². The number of hydrogen-bond donors (Lipinski definition) is 0. The summed E-state index contributed by atoms with van der Waals surface area (Å²) in [4.78, 5) is 28.4. The van der Waals surface area contributed by atoms with Gasteiger partial charge in [0, 0.05) is 13.1 Å². The molecular formula is C15H22N2O3. The van der Waals surface area contributed by atoms with Crippen molar-refractivity contribution in [1.82, 2.24) is 9.80 Å². The van der Waals surface area contributed by atoms with Gasteiger partial charge in [-0.3, -0.25) is 19.4 Å². The number of nitrogens with zero attached hydrogens (tertiary/aromatic N) is 2. The Morgan fingerprint density at radius 3 is 2.05 bits per heavy atom. The highest BCUT2D eigenvalue weighted by atomic mass is 16.5. The summed E-state index contributed by atoms with van der Waals surface area (Å²) in [6.07, 6.45) is 5.76. The zero-order valence-electron chi connectivity index (χ0n) is 12.1. The molecule has 5 nitrogen and oxygen atoms in total. The smallest absolute Gasteiger partial charge is 0.234 e. The number of ether oxygens (including phenoxy) is 1. The lowest BCUT2D eigenvalue weighted by Crippen LogP contribution is -2.51. The molecule has 0 spiro atoms. The number of likely N-dealkylation sites (tertiary alicyclic amines) is 1. The topological polar surface area (TPSA) is 49.9 Å². The Balaban J connectivity index is 1.68. The molecule has 0 N–H and O–H groups in total. The molecule has 2 saturated heterocycles. The normalized spacial score (nSPS) is 38.4. The third kappa shape index (κ3) is 2.40. The minimum Gasteiger partial charge on any atom is -0.373 e. The van der Waals surface area contributed by atoms with Gasteiger partial charge >= 0.3 is 0 Å². The lowest BCUT2D eigenvalue weighted by molar-refractivity contribution is -0.146. The molecule has 110 valence electrons. The first-order valence-corrected chi connectivity index (χ1v) is 7.44. The maximum Gasteiger partial charge on any atom is 0.234 e. The first-order valence-electron chi connectivity index (χ1n) is 7.44. The molecule has 0 bridgehead atoms. The van der Waals surface area contributed by atoms with Gasteiger partial charge in [-0.15, -0.1) is 0 Å². The molecule has 0 aromatic heterocycles. The van der Waals surface area contributed by atoms with Crippen molar-refractivity contribution in [3.05, 3.63) is 12.2 Å². The number of hydrogen-bond acceptors (Lipinski definition) is 4. The van der Waals surface area contributed by atoms with Crippen molar-refractivity contribution in [2.75, 3.05) is 19.8 Å². The third-order valence-corrected chi connectivity index (χ3v) is 4.44. The van der Waals surface area contributed by atoms with Crippen LogP contribution in [-0.2, 0) is 14.3 Å². The largest absolute Gasteiger partial charge is 0.373 e. The predicted molar refractivity (Wildman–Crippen MR) is 73.7 cm³/mol. The van der Waals surface area contributed by atoms with Crippen molar-refractivity contribution in [1.29, 1.82) is 0 Å². The maximum absolute atomic E-state index is 12.4. The number of allylic oxidation sites excluding steroid dienone is 2. The number of carbonyl (C=O) groups is 2. The van der Waals surface area contributed by atoms with Gasteiger partial charge in [-0.25, -0.2) is 0 Å². The third-order valence-electron chi connectivity index (χ3n) is 4.44. The second kappa shape index (κ2) is 5.30. The molecule has 1 aliphatic carbocycles. The van der Waals surface area contributed by atoms with Crippen LogP contribution in [-0.4, -0.2) is 53.6 Å². The predicted octanol–water partition coefficient (Wildman–Crippen LogP) is 1.00. The van der Waals surface area contributed by atoms with Crippen molar-refractivity contribution in [3.8, 4) is 0 Å². The lowest BCUT2D eigenvalue weighted by Gasteiger charge is -2.36. The fraction of sp³-hybridized carbons (Fsp3) is 0.733. The van der Waals surface area contributed by atoms with Gasteiger partial charge in [0.25, 0.3) is 0 Å². The first-order chi connectivity index (χ1) is 9.56. The van der Waals surface area contributed by atoms with Crippen molar-refractivity contribution in [3.63, 3.8) is 0 Å². The summed E-state index contributed by atoms with van der Waals surface area (Å²) in [5.41, 5.74) is 0. The van der Waals surface area contributed by atoms with Crippen LogP contribution in [0.4, 0.5) is 0 Å². The van der Waals surface area contributed by atoms with E-state index < -0.39 is 0 Å². The van der Waals surface area contributed by atoms with E-state index in [9.17, 15) is 9.59 Å². The molecule has 2 amide bonds. The fourth-order valence-corrected chi connectivity index (χ4v) is 3.61. The molecule has 3 rings (SSSR count). The van der Waals surface area contributed by atoms with E-state index in [1.54, 1.807) is 0 Å². The van der Waals surface area contributed by atoms with Crippen molar-refractivity contribution >= 4 is 11.8 Å². The van der Waals surface area contributed by atoms with E-state index in [0.29, 0.717) is 19.5 Å². The summed E-state index contributed by atoms with van der Waals surface area (Å²) in [5, 5.41) is 0. The number of rotatable bonds is 2. The lowest BCUT2D eigenvalue weighted by atomic mass is 9.85. The second-order valence-electron chi connectivity index (χ2n) is 6.20. The molecule has 0 aromatic carbocycles. The second-order valence-corrected chi connectivity index (χ2v) is 6.20. The Kier molecular flexibility index (Phi) is 3.65. The quantitative estimate of drug-likeness (QED) is 0.558. The molecular weight excluding hydrogens is 256 g/mol. The van der Waals surface area contributed by atoms with Gasteiger partial charge in [-0.05, 0) is 26.7 Å². The zero-order valence-corrected chi connectivity index (χ0v) is 12.1. The minimum absolute atomic E-state index is 0.0103. The van der Waals surface area contributed by atoms with E-state index in [4.69, 9.17) is 4.74 Å². The molecule has 0 saturated carbocycles. The number of amides is 2. The molecule has 5 heteroatoms. The number of imide groups is 1. The van der Waals surface area contributed by atoms with E-state index in [1.165, 1.54) is 4.90 Å². The summed E-state index contributed by atoms with van der Waals surface area (Å²) in [6.45, 7) is 6.02. The number of morpholine rings is 1. The van der Waals surface area contributed by atoms with Crippen molar-refractivity contribution in [2.45, 2.75) is 38.9 Å². The van der Waals surface area contributed by atoms with Gasteiger partial charge in [-0.2, -0.15) is 0 Å². The summed E-state index contributed by atoms with van der Waals surface area (Å²) < 4.78 is 5.69. The average Bonchev–Trinajstić information content (AvgIpc) is 2.64. The van der Waals surface area contributed by atoms with Gasteiger partial charge in [0.15, 0.2) is 0 Å². The maximum atomic E-state index is 12.4. The Bertz CT molecular complexity index is 412. The van der Waals surface area contributed by atoms with E-state index in [1.807, 2.05) is 26.0 Å². The molecule has 20 heavy (non-hydrogen) atoms. The monoisotopic (exact) mass is 278 g/mol. The highest BCUT2D eigenvalue weighted by molar-refractivity contribution is 6.05. The van der Waals surface area contributed by atoms with Crippen LogP contribution in [0, 0.1) is 11.8 Å². The fourth-order valence-electron chi connectivity index (χ4n) is 3.61. The van der Waals surface area contributed by atoms with Gasteiger partial charge in [0.2, 0.25) is 11.8 Å². The SMILES string of the molecule is C[C@H]1CN(CN2C(=O)[C@H]3CC=CC[C@H]3C2=O)C[C@H](C)O1. The summed E-state index contributed by atoms with van der Waals surface area (Å²) in [7, 11) is 0. The van der Waals surface area contributed by atoms with Crippen LogP contribution in [0.1, 0.15) is 26.7 Å². The standard InChI is InChI=1S/C15H22N2O3/c1-10-7-16(8-11(2)20-10)9-17-14(18)12-5-3-4-6-13(12)15(17)19/h3-4,10-13H,5-9H2,1-2H3/t10-,11-,12-,13+/m0/s1. The summed E-state index contributed by atoms with van der Waals surface area (Å²) >= 11 is 0. The van der Waals surface area contributed by atoms with Gasteiger partial charge in [0.1, 0.15) is 0 Å². The van der Waals surface area contributed by atoms with Crippen LogP contribution in [0.25, 0.3) is 0 Å². The van der Waals surface area contributed by atoms with Crippen LogP contribution >= 0.6 is 0 Å². The van der Waals surface area contributed by atoms with E-state index >= 15 is 0 Å². The number of fused-ring (bicyclic) bond motifs is 1. The van der Waals surface area contributed by atoms with Gasteiger partial charge in [-0.1, -0.05) is 12.2 Å². The first kappa shape index (κ1) is 13.8. The van der Waals surface area contributed by atoms with Crippen LogP contribution in [0.5, 0.6) is 0 Å². The molecule has 0 aromatic rings. The van der Waals surface area contributed by atoms with Crippen LogP contribution < -0.4 is 0 Å². The molecule has 2 aliphatic heterocycles. The van der Waals surface area contributed by atoms with Crippen molar-refractivity contribution in [2.24, 2.45) is 11.8 Å². The molecule has 0 radical (unpaired) electrons. The molecule has 0 unspecified atom stereocenters. The van der Waals surface area contributed by atoms with Gasteiger partial charge in [0.05, 0.1) is 30.7 Å². The van der Waals surface area contributed by atoms with Crippen LogP contribution in [0.2, 0.25) is 0 Å². The molecule has 2 fully saturated rings. The zero-order chi connectivity index (χ0) is 14.3. The Hall–Kier alpha value is -1.20.